The average molecular weight is 408 g/mol. The largest absolute Gasteiger partial charge is 0.449 e. The lowest BCUT2D eigenvalue weighted by atomic mass is 9.85. The summed E-state index contributed by atoms with van der Waals surface area (Å²) in [6.07, 6.45) is 8.06. The first-order valence-electron chi connectivity index (χ1n) is 7.47. The highest BCUT2D eigenvalue weighted by Crippen LogP contribution is 2.73. The van der Waals surface area contributed by atoms with Crippen LogP contribution in [0, 0.1) is 32.9 Å². The number of hydrazone groups is 1. The molecule has 5 rings (SSSR count). The summed E-state index contributed by atoms with van der Waals surface area (Å²) in [5, 5.41) is 5.16. The van der Waals surface area contributed by atoms with Gasteiger partial charge in [-0.2, -0.15) is 10.1 Å². The Hall–Kier alpha value is -1.44. The molecule has 2 amide bonds. The average Bonchev–Trinajstić information content (AvgIpc) is 2.87. The monoisotopic (exact) mass is 408 g/mol. The van der Waals surface area contributed by atoms with E-state index in [1.54, 1.807) is 6.07 Å². The van der Waals surface area contributed by atoms with Gasteiger partial charge in [-0.3, -0.25) is 9.59 Å². The molecule has 4 aliphatic rings. The lowest BCUT2D eigenvalue weighted by Gasteiger charge is -2.18. The molecule has 3 fully saturated rings. The maximum atomic E-state index is 12.7. The van der Waals surface area contributed by atoms with Crippen LogP contribution in [0.3, 0.4) is 0 Å². The Labute approximate surface area is 140 Å². The highest BCUT2D eigenvalue weighted by Gasteiger charge is 2.73. The number of carbonyl (C=O) groups excluding carboxylic acids is 2. The minimum atomic E-state index is -0.195. The second-order valence-electron chi connectivity index (χ2n) is 6.60. The van der Waals surface area contributed by atoms with E-state index in [1.807, 2.05) is 6.07 Å². The third-order valence-electron chi connectivity index (χ3n) is 5.72. The molecule has 0 aromatic carbocycles. The predicted octanol–water partition coefficient (Wildman–Crippen LogP) is 2.42. The molecular formula is C16H13IN2O3. The van der Waals surface area contributed by atoms with Crippen molar-refractivity contribution in [3.8, 4) is 0 Å². The molecule has 5 nitrogen and oxygen atoms in total. The Balaban J connectivity index is 1.45. The van der Waals surface area contributed by atoms with Crippen molar-refractivity contribution in [1.29, 1.82) is 0 Å². The number of fused-ring (bicyclic) bond motifs is 3. The van der Waals surface area contributed by atoms with Gasteiger partial charge in [0.25, 0.3) is 11.8 Å². The molecule has 1 aromatic heterocycles. The third kappa shape index (κ3) is 1.46. The molecule has 2 saturated carbocycles. The zero-order valence-corrected chi connectivity index (χ0v) is 13.8. The van der Waals surface area contributed by atoms with Crippen LogP contribution in [0.15, 0.2) is 33.8 Å². The van der Waals surface area contributed by atoms with Gasteiger partial charge in [-0.05, 0) is 64.8 Å². The smallest absolute Gasteiger partial charge is 0.254 e. The molecule has 1 saturated heterocycles. The van der Waals surface area contributed by atoms with Crippen molar-refractivity contribution < 1.29 is 14.0 Å². The SMILES string of the molecule is O=C1[C@@H]2[C@@H](C(=O)N1/N=C\c1ccc(I)o1)[C@@H]1C=C[C@H]2C12CC2. The molecule has 0 radical (unpaired) electrons. The van der Waals surface area contributed by atoms with E-state index in [0.29, 0.717) is 5.76 Å². The lowest BCUT2D eigenvalue weighted by molar-refractivity contribution is -0.141. The maximum absolute atomic E-state index is 12.7. The van der Waals surface area contributed by atoms with E-state index in [0.717, 1.165) is 21.6 Å². The Morgan fingerprint density at radius 2 is 1.82 bits per heavy atom. The van der Waals surface area contributed by atoms with Crippen molar-refractivity contribution in [2.24, 2.45) is 34.2 Å². The number of rotatable bonds is 2. The summed E-state index contributed by atoms with van der Waals surface area (Å²) in [7, 11) is 0. The minimum Gasteiger partial charge on any atom is -0.449 e. The van der Waals surface area contributed by atoms with E-state index >= 15 is 0 Å². The molecule has 112 valence electrons. The van der Waals surface area contributed by atoms with Crippen LogP contribution in [0.25, 0.3) is 0 Å². The number of hydrogen-bond acceptors (Lipinski definition) is 4. The highest BCUT2D eigenvalue weighted by atomic mass is 127. The fourth-order valence-corrected chi connectivity index (χ4v) is 5.12. The molecule has 1 spiro atoms. The fraction of sp³-hybridized carbons (Fsp3) is 0.438. The number of imide groups is 1. The van der Waals surface area contributed by atoms with Crippen molar-refractivity contribution in [2.45, 2.75) is 12.8 Å². The van der Waals surface area contributed by atoms with Gasteiger partial charge in [0.1, 0.15) is 5.76 Å². The van der Waals surface area contributed by atoms with Crippen LogP contribution in [-0.4, -0.2) is 23.0 Å². The van der Waals surface area contributed by atoms with Crippen molar-refractivity contribution in [1.82, 2.24) is 5.01 Å². The first-order valence-corrected chi connectivity index (χ1v) is 8.55. The summed E-state index contributed by atoms with van der Waals surface area (Å²) < 4.78 is 6.12. The second kappa shape index (κ2) is 4.10. The Morgan fingerprint density at radius 3 is 2.32 bits per heavy atom. The molecule has 2 bridgehead atoms. The van der Waals surface area contributed by atoms with E-state index in [2.05, 4.69) is 39.8 Å². The number of carbonyl (C=O) groups is 2. The van der Waals surface area contributed by atoms with Crippen molar-refractivity contribution in [3.63, 3.8) is 0 Å². The molecule has 1 aliphatic heterocycles. The zero-order chi connectivity index (χ0) is 15.1. The molecule has 1 aromatic rings. The summed E-state index contributed by atoms with van der Waals surface area (Å²) in [4.78, 5) is 25.3. The summed E-state index contributed by atoms with van der Waals surface area (Å²) in [6, 6.07) is 3.58. The van der Waals surface area contributed by atoms with Crippen molar-refractivity contribution >= 4 is 40.6 Å². The normalized spacial score (nSPS) is 37.0. The number of nitrogens with zero attached hydrogens (tertiary/aromatic N) is 2. The molecule has 0 N–H and O–H groups in total. The number of amides is 2. The van der Waals surface area contributed by atoms with E-state index < -0.39 is 0 Å². The van der Waals surface area contributed by atoms with E-state index in [1.165, 1.54) is 6.21 Å². The van der Waals surface area contributed by atoms with Crippen LogP contribution in [0.1, 0.15) is 18.6 Å². The maximum Gasteiger partial charge on any atom is 0.254 e. The predicted molar refractivity (Wildman–Crippen MR) is 85.6 cm³/mol. The van der Waals surface area contributed by atoms with Crippen LogP contribution in [0.5, 0.6) is 0 Å². The van der Waals surface area contributed by atoms with Gasteiger partial charge in [-0.1, -0.05) is 12.2 Å². The van der Waals surface area contributed by atoms with Crippen molar-refractivity contribution in [3.05, 3.63) is 33.8 Å². The number of furan rings is 1. The van der Waals surface area contributed by atoms with Gasteiger partial charge < -0.3 is 4.42 Å². The molecule has 0 unspecified atom stereocenters. The third-order valence-corrected chi connectivity index (χ3v) is 6.30. The van der Waals surface area contributed by atoms with Crippen LogP contribution in [-0.2, 0) is 9.59 Å². The van der Waals surface area contributed by atoms with Gasteiger partial charge in [0, 0.05) is 0 Å². The van der Waals surface area contributed by atoms with Gasteiger partial charge >= 0.3 is 0 Å². The van der Waals surface area contributed by atoms with Crippen molar-refractivity contribution in [2.75, 3.05) is 0 Å². The van der Waals surface area contributed by atoms with E-state index in [9.17, 15) is 9.59 Å². The van der Waals surface area contributed by atoms with Crippen LogP contribution in [0.4, 0.5) is 0 Å². The lowest BCUT2D eigenvalue weighted by Crippen LogP contribution is -2.30. The minimum absolute atomic E-state index is 0.143. The van der Waals surface area contributed by atoms with Gasteiger partial charge in [0.05, 0.1) is 18.1 Å². The molecule has 6 heteroatoms. The fourth-order valence-electron chi connectivity index (χ4n) is 4.69. The quantitative estimate of drug-likeness (QED) is 0.327. The molecule has 22 heavy (non-hydrogen) atoms. The van der Waals surface area contributed by atoms with Gasteiger partial charge in [-0.25, -0.2) is 0 Å². The van der Waals surface area contributed by atoms with E-state index in [-0.39, 0.29) is 40.9 Å². The van der Waals surface area contributed by atoms with Gasteiger partial charge in [0.2, 0.25) is 0 Å². The van der Waals surface area contributed by atoms with Crippen LogP contribution < -0.4 is 0 Å². The summed E-state index contributed by atoms with van der Waals surface area (Å²) >= 11 is 2.06. The van der Waals surface area contributed by atoms with E-state index in [4.69, 9.17) is 4.42 Å². The Morgan fingerprint density at radius 1 is 1.18 bits per heavy atom. The topological polar surface area (TPSA) is 62.9 Å². The summed E-state index contributed by atoms with van der Waals surface area (Å²) in [6.45, 7) is 0. The number of halogens is 1. The first kappa shape index (κ1) is 13.0. The number of allylic oxidation sites excluding steroid dienone is 2. The standard InChI is InChI=1S/C16H13IN2O3/c17-11-4-1-8(22-11)7-18-19-14(20)12-9-2-3-10(13(12)15(19)21)16(9)5-6-16/h1-4,7,9-10,12-13H,5-6H2/b18-7-/t9-,10+,12-,13-/m0/s1. The summed E-state index contributed by atoms with van der Waals surface area (Å²) in [5.41, 5.74) is 0.230. The van der Waals surface area contributed by atoms with Crippen LogP contribution >= 0.6 is 22.6 Å². The first-order chi connectivity index (χ1) is 10.6. The summed E-state index contributed by atoms with van der Waals surface area (Å²) in [5.74, 6) is 0.346. The number of hydrogen-bond donors (Lipinski definition) is 0. The second-order valence-corrected chi connectivity index (χ2v) is 7.66. The van der Waals surface area contributed by atoms with Crippen LogP contribution in [0.2, 0.25) is 0 Å². The van der Waals surface area contributed by atoms with Gasteiger partial charge in [0.15, 0.2) is 3.77 Å². The Bertz CT molecular complexity index is 727. The van der Waals surface area contributed by atoms with Gasteiger partial charge in [-0.15, -0.1) is 0 Å². The highest BCUT2D eigenvalue weighted by molar-refractivity contribution is 14.1. The Kier molecular flexibility index (Phi) is 2.43. The molecule has 3 aliphatic carbocycles. The molecular weight excluding hydrogens is 395 g/mol. The molecule has 2 heterocycles. The molecule has 4 atom stereocenters. The zero-order valence-electron chi connectivity index (χ0n) is 11.6.